The van der Waals surface area contributed by atoms with Gasteiger partial charge in [-0.05, 0) is 64.3 Å². The van der Waals surface area contributed by atoms with Crippen LogP contribution in [0.3, 0.4) is 0 Å². The number of carbonyl (C=O) groups is 2. The lowest BCUT2D eigenvalue weighted by molar-refractivity contribution is -0.131. The monoisotopic (exact) mass is 509 g/mol. The smallest absolute Gasteiger partial charge is 0.261 e. The van der Waals surface area contributed by atoms with Crippen molar-refractivity contribution in [2.45, 2.75) is 76.8 Å². The summed E-state index contributed by atoms with van der Waals surface area (Å²) in [6, 6.07) is 5.48. The molecule has 2 aliphatic heterocycles. The quantitative estimate of drug-likeness (QED) is 0.267. The van der Waals surface area contributed by atoms with Gasteiger partial charge < -0.3 is 15.1 Å². The second kappa shape index (κ2) is 13.4. The molecule has 2 saturated heterocycles. The van der Waals surface area contributed by atoms with Gasteiger partial charge in [0.2, 0.25) is 5.78 Å². The van der Waals surface area contributed by atoms with Crippen molar-refractivity contribution in [3.8, 4) is 0 Å². The van der Waals surface area contributed by atoms with Crippen LogP contribution < -0.4 is 10.9 Å². The number of aromatic nitrogens is 2. The number of hydrogen-bond donors (Lipinski definition) is 1. The van der Waals surface area contributed by atoms with Crippen molar-refractivity contribution in [2.24, 2.45) is 0 Å². The molecule has 2 atom stereocenters. The third-order valence-corrected chi connectivity index (χ3v) is 8.17. The van der Waals surface area contributed by atoms with Crippen molar-refractivity contribution in [3.63, 3.8) is 0 Å². The molecule has 2 aliphatic rings. The Kier molecular flexibility index (Phi) is 10.00. The lowest BCUT2D eigenvalue weighted by Gasteiger charge is -2.32. The van der Waals surface area contributed by atoms with Crippen molar-refractivity contribution < 1.29 is 9.59 Å². The maximum absolute atomic E-state index is 13.7. The van der Waals surface area contributed by atoms with Gasteiger partial charge in [0, 0.05) is 32.7 Å². The van der Waals surface area contributed by atoms with Crippen molar-refractivity contribution in [1.82, 2.24) is 24.7 Å². The van der Waals surface area contributed by atoms with E-state index in [1.54, 1.807) is 4.57 Å². The maximum Gasteiger partial charge on any atom is 0.261 e. The molecule has 37 heavy (non-hydrogen) atoms. The molecule has 0 spiro atoms. The van der Waals surface area contributed by atoms with Gasteiger partial charge in [-0.1, -0.05) is 37.8 Å². The molecule has 0 saturated carbocycles. The van der Waals surface area contributed by atoms with E-state index in [0.29, 0.717) is 31.5 Å². The predicted octanol–water partition coefficient (Wildman–Crippen LogP) is 2.90. The fourth-order valence-electron chi connectivity index (χ4n) is 5.88. The van der Waals surface area contributed by atoms with E-state index in [1.807, 2.05) is 19.1 Å². The van der Waals surface area contributed by atoms with Crippen molar-refractivity contribution in [2.75, 3.05) is 46.3 Å². The van der Waals surface area contributed by atoms with Crippen LogP contribution in [0.2, 0.25) is 0 Å². The Labute approximate surface area is 220 Å². The normalized spacial score (nSPS) is 21.4. The van der Waals surface area contributed by atoms with Crippen LogP contribution in [0.5, 0.6) is 0 Å². The Morgan fingerprint density at radius 2 is 1.78 bits per heavy atom. The van der Waals surface area contributed by atoms with Gasteiger partial charge in [-0.2, -0.15) is 0 Å². The number of carbonyl (C=O) groups excluding carboxylic acids is 2. The summed E-state index contributed by atoms with van der Waals surface area (Å²) in [5.41, 5.74) is 1.85. The van der Waals surface area contributed by atoms with Crippen LogP contribution in [0.25, 0.3) is 10.9 Å². The molecule has 8 heteroatoms. The SMILES string of the molecule is Cc1nc2cccc(CCCCCCCCN3CCN(C)CC3)c2c(=O)n1C1CCC(C(=O)C=O)NC1. The minimum atomic E-state index is -0.444. The Bertz CT molecular complexity index is 1110. The molecule has 1 aromatic heterocycles. The molecule has 2 fully saturated rings. The number of likely N-dealkylation sites (N-methyl/N-ethyl adjacent to an activating group) is 1. The second-order valence-electron chi connectivity index (χ2n) is 10.9. The van der Waals surface area contributed by atoms with Crippen LogP contribution in [0, 0.1) is 6.92 Å². The highest BCUT2D eigenvalue weighted by Gasteiger charge is 2.28. The van der Waals surface area contributed by atoms with Crippen LogP contribution in [-0.2, 0) is 16.0 Å². The van der Waals surface area contributed by atoms with Crippen molar-refractivity contribution >= 4 is 23.0 Å². The zero-order valence-electron chi connectivity index (χ0n) is 22.6. The number of benzene rings is 1. The summed E-state index contributed by atoms with van der Waals surface area (Å²) in [7, 11) is 2.20. The predicted molar refractivity (Wildman–Crippen MR) is 147 cm³/mol. The van der Waals surface area contributed by atoms with Crippen molar-refractivity contribution in [3.05, 3.63) is 39.9 Å². The van der Waals surface area contributed by atoms with E-state index < -0.39 is 11.8 Å². The van der Waals surface area contributed by atoms with Crippen LogP contribution in [0.4, 0.5) is 0 Å². The Hall–Kier alpha value is -2.42. The van der Waals surface area contributed by atoms with Crippen LogP contribution in [-0.4, -0.2) is 83.8 Å². The molecule has 0 radical (unpaired) electrons. The number of ketones is 1. The first kappa shape index (κ1) is 27.6. The summed E-state index contributed by atoms with van der Waals surface area (Å²) in [5, 5.41) is 3.87. The largest absolute Gasteiger partial charge is 0.305 e. The van der Waals surface area contributed by atoms with E-state index in [9.17, 15) is 14.4 Å². The highest BCUT2D eigenvalue weighted by atomic mass is 16.2. The van der Waals surface area contributed by atoms with Crippen LogP contribution >= 0.6 is 0 Å². The summed E-state index contributed by atoms with van der Waals surface area (Å²) >= 11 is 0. The van der Waals surface area contributed by atoms with E-state index in [2.05, 4.69) is 28.2 Å². The van der Waals surface area contributed by atoms with Crippen molar-refractivity contribution in [1.29, 1.82) is 0 Å². The number of aldehydes is 1. The fraction of sp³-hybridized carbons (Fsp3) is 0.655. The summed E-state index contributed by atoms with van der Waals surface area (Å²) in [6.45, 7) is 8.37. The minimum absolute atomic E-state index is 0.00831. The zero-order chi connectivity index (χ0) is 26.2. The maximum atomic E-state index is 13.7. The number of aryl methyl sites for hydroxylation is 2. The van der Waals surface area contributed by atoms with Gasteiger partial charge in [0.05, 0.1) is 23.0 Å². The van der Waals surface area contributed by atoms with Gasteiger partial charge in [0.25, 0.3) is 5.56 Å². The highest BCUT2D eigenvalue weighted by Crippen LogP contribution is 2.23. The molecular formula is C29H43N5O3. The van der Waals surface area contributed by atoms with Gasteiger partial charge in [-0.3, -0.25) is 19.0 Å². The number of fused-ring (bicyclic) bond motifs is 1. The number of nitrogens with zero attached hydrogens (tertiary/aromatic N) is 4. The standard InChI is InChI=1S/C29H43N5O3/c1-22-31-26-12-9-11-23(10-7-5-3-4-6-8-15-33-18-16-32(2)17-19-33)28(26)29(37)34(22)24-13-14-25(30-20-24)27(36)21-35/h9,11-12,21,24-25,30H,3-8,10,13-20H2,1-2H3. The molecule has 2 aromatic rings. The Morgan fingerprint density at radius 1 is 1.05 bits per heavy atom. The molecule has 1 aromatic carbocycles. The number of unbranched alkanes of at least 4 members (excludes halogenated alkanes) is 5. The van der Waals surface area contributed by atoms with Gasteiger partial charge in [-0.15, -0.1) is 0 Å². The average molecular weight is 510 g/mol. The molecule has 0 bridgehead atoms. The van der Waals surface area contributed by atoms with Gasteiger partial charge >= 0.3 is 0 Å². The molecule has 8 nitrogen and oxygen atoms in total. The van der Waals surface area contributed by atoms with Gasteiger partial charge in [0.15, 0.2) is 6.29 Å². The van der Waals surface area contributed by atoms with Gasteiger partial charge in [0.1, 0.15) is 5.82 Å². The molecule has 3 heterocycles. The first-order valence-electron chi connectivity index (χ1n) is 14.1. The first-order chi connectivity index (χ1) is 18.0. The van der Waals surface area contributed by atoms with E-state index >= 15 is 0 Å². The number of Topliss-reactive ketones (excluding diaryl/α,β-unsaturated/α-hetero) is 1. The summed E-state index contributed by atoms with van der Waals surface area (Å²) in [4.78, 5) is 46.0. The first-order valence-corrected chi connectivity index (χ1v) is 14.1. The topological polar surface area (TPSA) is 87.5 Å². The Balaban J connectivity index is 1.28. The molecular weight excluding hydrogens is 466 g/mol. The minimum Gasteiger partial charge on any atom is -0.305 e. The van der Waals surface area contributed by atoms with E-state index in [1.165, 1.54) is 64.8 Å². The molecule has 202 valence electrons. The number of rotatable bonds is 12. The average Bonchev–Trinajstić information content (AvgIpc) is 2.91. The fourth-order valence-corrected chi connectivity index (χ4v) is 5.88. The van der Waals surface area contributed by atoms with E-state index in [0.717, 1.165) is 29.3 Å². The number of hydrogen-bond acceptors (Lipinski definition) is 7. The third-order valence-electron chi connectivity index (χ3n) is 8.17. The molecule has 0 amide bonds. The molecule has 0 aliphatic carbocycles. The summed E-state index contributed by atoms with van der Waals surface area (Å²) in [6.07, 6.45) is 9.84. The third kappa shape index (κ3) is 7.12. The van der Waals surface area contributed by atoms with Crippen LogP contribution in [0.1, 0.15) is 68.8 Å². The lowest BCUT2D eigenvalue weighted by atomic mass is 9.97. The molecule has 1 N–H and O–H groups in total. The zero-order valence-corrected chi connectivity index (χ0v) is 22.6. The number of piperazine rings is 1. The van der Waals surface area contributed by atoms with E-state index in [-0.39, 0.29) is 11.6 Å². The van der Waals surface area contributed by atoms with Gasteiger partial charge in [-0.25, -0.2) is 4.98 Å². The molecule has 4 rings (SSSR count). The number of piperidine rings is 1. The Morgan fingerprint density at radius 3 is 2.49 bits per heavy atom. The lowest BCUT2D eigenvalue weighted by Crippen LogP contribution is -2.47. The molecule has 2 unspecified atom stereocenters. The summed E-state index contributed by atoms with van der Waals surface area (Å²) < 4.78 is 1.79. The second-order valence-corrected chi connectivity index (χ2v) is 10.9. The van der Waals surface area contributed by atoms with E-state index in [4.69, 9.17) is 4.98 Å². The highest BCUT2D eigenvalue weighted by molar-refractivity contribution is 6.27. The summed E-state index contributed by atoms with van der Waals surface area (Å²) in [5.74, 6) is 0.273. The number of nitrogens with one attached hydrogen (secondary N) is 1. The van der Waals surface area contributed by atoms with Crippen LogP contribution in [0.15, 0.2) is 23.0 Å².